The molecule has 0 unspecified atom stereocenters. The fourth-order valence-electron chi connectivity index (χ4n) is 4.73. The third kappa shape index (κ3) is 7.59. The van der Waals surface area contributed by atoms with Gasteiger partial charge in [0.2, 0.25) is 0 Å². The van der Waals surface area contributed by atoms with Crippen LogP contribution in [-0.2, 0) is 20.0 Å². The Hall–Kier alpha value is -4.03. The molecule has 15 heteroatoms. The number of nitrogens with one attached hydrogen (secondary N) is 2. The van der Waals surface area contributed by atoms with E-state index in [1.54, 1.807) is 23.7 Å². The van der Waals surface area contributed by atoms with Crippen LogP contribution in [0.3, 0.4) is 0 Å². The number of amides is 2. The Balaban J connectivity index is 1.44. The minimum Gasteiger partial charge on any atom is -0.487 e. The molecule has 5 rings (SSSR count). The second-order valence-electron chi connectivity index (χ2n) is 10.2. The van der Waals surface area contributed by atoms with Gasteiger partial charge in [-0.25, -0.2) is 22.5 Å². The molecule has 4 aromatic carbocycles. The van der Waals surface area contributed by atoms with Gasteiger partial charge in [-0.05, 0) is 53.6 Å². The van der Waals surface area contributed by atoms with Gasteiger partial charge < -0.3 is 19.9 Å². The Kier molecular flexibility index (Phi) is 10.5. The second kappa shape index (κ2) is 14.4. The van der Waals surface area contributed by atoms with Gasteiger partial charge in [-0.2, -0.15) is 0 Å². The molecule has 0 saturated carbocycles. The first-order valence-electron chi connectivity index (χ1n) is 13.7. The van der Waals surface area contributed by atoms with Crippen molar-refractivity contribution in [2.45, 2.75) is 19.4 Å². The maximum Gasteiger partial charge on any atom is 0.272 e. The lowest BCUT2D eigenvalue weighted by molar-refractivity contribution is 0.0804. The predicted molar refractivity (Wildman–Crippen MR) is 173 cm³/mol. The van der Waals surface area contributed by atoms with Crippen molar-refractivity contribution in [3.63, 3.8) is 0 Å². The number of nitrogens with zero attached hydrogens (tertiary/aromatic N) is 2. The molecule has 47 heavy (non-hydrogen) atoms. The topological polar surface area (TPSA) is 85.2 Å². The lowest BCUT2D eigenvalue weighted by Crippen LogP contribution is -2.24. The number of aryl methyl sites for hydroxylation is 1. The van der Waals surface area contributed by atoms with Crippen LogP contribution in [0.2, 0.25) is 20.1 Å². The Bertz CT molecular complexity index is 2000. The number of carbonyl (C=O) groups is 2. The first kappa shape index (κ1) is 34.3. The largest absolute Gasteiger partial charge is 0.487 e. The number of hydrogen-bond acceptors (Lipinski definition) is 4. The van der Waals surface area contributed by atoms with Gasteiger partial charge in [0.05, 0.1) is 37.2 Å². The van der Waals surface area contributed by atoms with E-state index >= 15 is 0 Å². The number of ether oxygens (including phenoxy) is 1. The highest BCUT2D eigenvalue weighted by Crippen LogP contribution is 2.33. The number of fused-ring (bicyclic) bond motifs is 1. The molecule has 0 bridgehead atoms. The normalized spacial score (nSPS) is 11.3. The van der Waals surface area contributed by atoms with Crippen LogP contribution in [0.5, 0.6) is 5.75 Å². The van der Waals surface area contributed by atoms with Crippen LogP contribution in [-0.4, -0.2) is 34.4 Å². The average molecular weight is 728 g/mol. The number of imidazole rings is 1. The highest BCUT2D eigenvalue weighted by Gasteiger charge is 2.22. The van der Waals surface area contributed by atoms with Crippen molar-refractivity contribution >= 4 is 74.9 Å². The molecule has 0 radical (unpaired) electrons. The van der Waals surface area contributed by atoms with Crippen LogP contribution in [0.15, 0.2) is 60.7 Å². The van der Waals surface area contributed by atoms with Crippen LogP contribution < -0.4 is 15.4 Å². The molecular formula is C32H22Cl4F4N4O3. The Morgan fingerprint density at radius 3 is 2.38 bits per heavy atom. The summed E-state index contributed by atoms with van der Waals surface area (Å²) in [5.41, 5.74) is 1.48. The molecule has 0 atom stereocenters. The van der Waals surface area contributed by atoms with Crippen molar-refractivity contribution in [3.8, 4) is 5.75 Å². The first-order chi connectivity index (χ1) is 22.3. The smallest absolute Gasteiger partial charge is 0.272 e. The first-order valence-corrected chi connectivity index (χ1v) is 15.2. The van der Waals surface area contributed by atoms with Crippen LogP contribution >= 0.6 is 46.4 Å². The molecule has 5 aromatic rings. The minimum atomic E-state index is -2.82. The van der Waals surface area contributed by atoms with Crippen LogP contribution in [0.1, 0.15) is 37.7 Å². The number of alkyl halides is 2. The molecule has 1 heterocycles. The molecule has 244 valence electrons. The van der Waals surface area contributed by atoms with Gasteiger partial charge >= 0.3 is 0 Å². The highest BCUT2D eigenvalue weighted by molar-refractivity contribution is 6.36. The van der Waals surface area contributed by atoms with Crippen molar-refractivity contribution in [2.75, 3.05) is 11.9 Å². The van der Waals surface area contributed by atoms with E-state index in [9.17, 15) is 27.2 Å². The third-order valence-electron chi connectivity index (χ3n) is 7.09. The summed E-state index contributed by atoms with van der Waals surface area (Å²) in [5.74, 6) is -2.63. The summed E-state index contributed by atoms with van der Waals surface area (Å²) in [6.07, 6.45) is -2.73. The standard InChI is InChI=1S/C32H22Cl4F4N4O3/c1-44-25-12-26(47-14-27(39)40)18(31(45)42-16-6-8-22(37)21(35)9-16)10-24(25)43-28(44)11-17-19(33)7-5-15(30(17)36)13-41-32(46)29-20(34)3-2-4-23(29)38/h2-10,12,27H,11,13-14H2,1H3,(H,41,46)(H,42,45). The lowest BCUT2D eigenvalue weighted by Gasteiger charge is -2.14. The van der Waals surface area contributed by atoms with Gasteiger partial charge in [-0.15, -0.1) is 0 Å². The van der Waals surface area contributed by atoms with Crippen LogP contribution in [0.25, 0.3) is 11.0 Å². The SMILES string of the molecule is Cn1c(Cc2c(Cl)ccc(CNC(=O)c3c(F)cccc3Cl)c2Cl)nc2cc(C(=O)Nc3ccc(F)c(Cl)c3)c(OCC(F)F)cc21. The molecule has 1 aromatic heterocycles. The van der Waals surface area contributed by atoms with Gasteiger partial charge in [-0.3, -0.25) is 9.59 Å². The number of benzene rings is 4. The number of anilines is 1. The molecule has 2 amide bonds. The summed E-state index contributed by atoms with van der Waals surface area (Å²) in [6, 6.07) is 13.4. The Labute approximate surface area is 285 Å². The van der Waals surface area contributed by atoms with E-state index < -0.39 is 36.5 Å². The molecule has 0 aliphatic heterocycles. The van der Waals surface area contributed by atoms with E-state index in [1.807, 2.05) is 0 Å². The summed E-state index contributed by atoms with van der Waals surface area (Å²) in [7, 11) is 1.67. The van der Waals surface area contributed by atoms with Crippen molar-refractivity contribution in [2.24, 2.45) is 7.05 Å². The van der Waals surface area contributed by atoms with E-state index in [0.717, 1.165) is 12.1 Å². The van der Waals surface area contributed by atoms with Gasteiger partial charge in [0.15, 0.2) is 0 Å². The molecule has 0 aliphatic rings. The van der Waals surface area contributed by atoms with Gasteiger partial charge in [-0.1, -0.05) is 58.5 Å². The molecular weight excluding hydrogens is 706 g/mol. The number of carbonyl (C=O) groups excluding carboxylic acids is 2. The van der Waals surface area contributed by atoms with Crippen molar-refractivity contribution in [3.05, 3.63) is 120 Å². The van der Waals surface area contributed by atoms with E-state index in [-0.39, 0.29) is 50.6 Å². The monoisotopic (exact) mass is 726 g/mol. The van der Waals surface area contributed by atoms with Crippen molar-refractivity contribution in [1.82, 2.24) is 14.9 Å². The zero-order valence-corrected chi connectivity index (χ0v) is 27.1. The number of halogens is 8. The molecule has 0 saturated heterocycles. The molecule has 7 nitrogen and oxygen atoms in total. The predicted octanol–water partition coefficient (Wildman–Crippen LogP) is 8.88. The minimum absolute atomic E-state index is 0.0458. The zero-order valence-electron chi connectivity index (χ0n) is 24.1. The van der Waals surface area contributed by atoms with E-state index in [4.69, 9.17) is 51.1 Å². The van der Waals surface area contributed by atoms with Gasteiger partial charge in [0.25, 0.3) is 18.2 Å². The van der Waals surface area contributed by atoms with E-state index in [2.05, 4.69) is 15.6 Å². The summed E-state index contributed by atoms with van der Waals surface area (Å²) in [4.78, 5) is 30.5. The number of hydrogen-bond donors (Lipinski definition) is 2. The van der Waals surface area contributed by atoms with Crippen LogP contribution in [0, 0.1) is 11.6 Å². The van der Waals surface area contributed by atoms with E-state index in [1.165, 1.54) is 36.4 Å². The molecule has 0 spiro atoms. The molecule has 2 N–H and O–H groups in total. The summed E-state index contributed by atoms with van der Waals surface area (Å²) in [6.45, 7) is -1.05. The summed E-state index contributed by atoms with van der Waals surface area (Å²) < 4.78 is 60.9. The quantitative estimate of drug-likeness (QED) is 0.141. The van der Waals surface area contributed by atoms with Gasteiger partial charge in [0, 0.05) is 36.8 Å². The van der Waals surface area contributed by atoms with Crippen molar-refractivity contribution in [1.29, 1.82) is 0 Å². The maximum absolute atomic E-state index is 14.2. The highest BCUT2D eigenvalue weighted by atomic mass is 35.5. The average Bonchev–Trinajstić information content (AvgIpc) is 3.32. The molecule has 0 fully saturated rings. The lowest BCUT2D eigenvalue weighted by atomic mass is 10.1. The fraction of sp³-hybridized carbons (Fsp3) is 0.156. The second-order valence-corrected chi connectivity index (χ2v) is 11.8. The fourth-order valence-corrected chi connectivity index (χ4v) is 5.73. The van der Waals surface area contributed by atoms with Crippen molar-refractivity contribution < 1.29 is 31.9 Å². The Morgan fingerprint density at radius 2 is 1.68 bits per heavy atom. The number of aromatic nitrogens is 2. The van der Waals surface area contributed by atoms with Gasteiger partial charge in [0.1, 0.15) is 29.8 Å². The Morgan fingerprint density at radius 1 is 0.915 bits per heavy atom. The third-order valence-corrected chi connectivity index (χ3v) is 8.52. The number of rotatable bonds is 10. The summed E-state index contributed by atoms with van der Waals surface area (Å²) in [5, 5.41) is 5.41. The maximum atomic E-state index is 14.2. The van der Waals surface area contributed by atoms with Crippen LogP contribution in [0.4, 0.5) is 23.2 Å². The zero-order chi connectivity index (χ0) is 34.0. The molecule has 0 aliphatic carbocycles. The van der Waals surface area contributed by atoms with E-state index in [0.29, 0.717) is 33.0 Å². The summed E-state index contributed by atoms with van der Waals surface area (Å²) >= 11 is 25.1.